The predicted octanol–water partition coefficient (Wildman–Crippen LogP) is 2.90. The number of thiophene rings is 1. The first kappa shape index (κ1) is 17.2. The average molecular weight is 351 g/mol. The number of sulfonamides is 1. The summed E-state index contributed by atoms with van der Waals surface area (Å²) in [5, 5.41) is 1.88. The molecule has 120 valence electrons. The molecule has 4 nitrogen and oxygen atoms in total. The summed E-state index contributed by atoms with van der Waals surface area (Å²) < 4.78 is 28.0. The van der Waals surface area contributed by atoms with Crippen molar-refractivity contribution in [1.82, 2.24) is 9.21 Å². The number of nitrogens with zero attached hydrogens (tertiary/aromatic N) is 2. The normalized spacial score (nSPS) is 22.4. The van der Waals surface area contributed by atoms with E-state index in [-0.39, 0.29) is 11.9 Å². The van der Waals surface area contributed by atoms with Gasteiger partial charge >= 0.3 is 0 Å². The maximum Gasteiger partial charge on any atom is 0.244 e. The Bertz CT molecular complexity index is 586. The molecule has 7 heteroatoms. The Morgan fingerprint density at radius 1 is 1.43 bits per heavy atom. The van der Waals surface area contributed by atoms with Gasteiger partial charge < -0.3 is 4.90 Å². The second kappa shape index (κ2) is 6.96. The third kappa shape index (κ3) is 3.45. The summed E-state index contributed by atoms with van der Waals surface area (Å²) >= 11 is 7.37. The van der Waals surface area contributed by atoms with Crippen LogP contribution in [-0.2, 0) is 15.9 Å². The van der Waals surface area contributed by atoms with Crippen LogP contribution in [0.5, 0.6) is 0 Å². The Labute approximate surface area is 136 Å². The molecule has 0 bridgehead atoms. The minimum atomic E-state index is -3.47. The van der Waals surface area contributed by atoms with E-state index in [1.54, 1.807) is 4.31 Å². The molecule has 0 aromatic carbocycles. The Morgan fingerprint density at radius 3 is 2.76 bits per heavy atom. The zero-order valence-electron chi connectivity index (χ0n) is 12.8. The molecule has 2 heterocycles. The zero-order chi connectivity index (χ0) is 15.6. The molecule has 0 radical (unpaired) electrons. The van der Waals surface area contributed by atoms with Gasteiger partial charge in [-0.2, -0.15) is 4.31 Å². The molecule has 1 aliphatic rings. The molecule has 1 fully saturated rings. The van der Waals surface area contributed by atoms with Gasteiger partial charge in [-0.3, -0.25) is 0 Å². The molecular formula is C14H23ClN2O2S2. The standard InChI is InChI=1S/C14H23ClN2O2S2/c1-4-12-9-16(3)6-5-7-17(12)21(18,19)14-11(2)10-20-13(14)8-15/h10,12H,4-9H2,1-3H3. The van der Waals surface area contributed by atoms with Gasteiger partial charge in [-0.15, -0.1) is 22.9 Å². The van der Waals surface area contributed by atoms with Gasteiger partial charge in [-0.25, -0.2) is 8.42 Å². The lowest BCUT2D eigenvalue weighted by Crippen LogP contribution is -2.43. The molecule has 0 N–H and O–H groups in total. The van der Waals surface area contributed by atoms with Crippen LogP contribution in [0, 0.1) is 6.92 Å². The molecule has 0 aliphatic carbocycles. The van der Waals surface area contributed by atoms with Gasteiger partial charge in [0.15, 0.2) is 0 Å². The van der Waals surface area contributed by atoms with E-state index in [1.165, 1.54) is 11.3 Å². The number of hydrogen-bond acceptors (Lipinski definition) is 4. The maximum atomic E-state index is 13.1. The van der Waals surface area contributed by atoms with E-state index >= 15 is 0 Å². The van der Waals surface area contributed by atoms with Gasteiger partial charge in [0.05, 0.1) is 5.88 Å². The van der Waals surface area contributed by atoms with Gasteiger partial charge in [0.25, 0.3) is 0 Å². The highest BCUT2D eigenvalue weighted by Gasteiger charge is 2.35. The Balaban J connectivity index is 2.43. The monoisotopic (exact) mass is 350 g/mol. The van der Waals surface area contributed by atoms with Crippen LogP contribution in [0.4, 0.5) is 0 Å². The van der Waals surface area contributed by atoms with Crippen LogP contribution in [0.1, 0.15) is 30.2 Å². The summed E-state index contributed by atoms with van der Waals surface area (Å²) in [5.74, 6) is 0.248. The molecule has 0 amide bonds. The zero-order valence-corrected chi connectivity index (χ0v) is 15.2. The first-order chi connectivity index (χ1) is 9.91. The molecule has 0 saturated carbocycles. The molecule has 21 heavy (non-hydrogen) atoms. The second-order valence-corrected chi connectivity index (χ2v) is 8.66. The lowest BCUT2D eigenvalue weighted by Gasteiger charge is -2.29. The predicted molar refractivity (Wildman–Crippen MR) is 88.7 cm³/mol. The molecule has 1 atom stereocenters. The summed E-state index contributed by atoms with van der Waals surface area (Å²) in [6, 6.07) is 0.0324. The van der Waals surface area contributed by atoms with Crippen molar-refractivity contribution in [2.24, 2.45) is 0 Å². The maximum absolute atomic E-state index is 13.1. The first-order valence-electron chi connectivity index (χ1n) is 7.25. The van der Waals surface area contributed by atoms with E-state index in [4.69, 9.17) is 11.6 Å². The highest BCUT2D eigenvalue weighted by atomic mass is 35.5. The van der Waals surface area contributed by atoms with Crippen molar-refractivity contribution in [2.75, 3.05) is 26.7 Å². The molecule has 1 aromatic heterocycles. The number of rotatable bonds is 4. The summed E-state index contributed by atoms with van der Waals surface area (Å²) in [5.41, 5.74) is 0.808. The van der Waals surface area contributed by atoms with E-state index in [2.05, 4.69) is 18.9 Å². The highest BCUT2D eigenvalue weighted by molar-refractivity contribution is 7.89. The Kier molecular flexibility index (Phi) is 5.71. The van der Waals surface area contributed by atoms with Crippen LogP contribution in [-0.4, -0.2) is 50.3 Å². The number of alkyl halides is 1. The third-order valence-corrected chi connectivity index (χ3v) is 7.84. The van der Waals surface area contributed by atoms with Crippen LogP contribution in [0.25, 0.3) is 0 Å². The molecule has 1 aliphatic heterocycles. The van der Waals surface area contributed by atoms with Crippen molar-refractivity contribution in [3.05, 3.63) is 15.8 Å². The van der Waals surface area contributed by atoms with Crippen LogP contribution in [0.2, 0.25) is 0 Å². The van der Waals surface area contributed by atoms with Gasteiger partial charge in [-0.1, -0.05) is 6.92 Å². The molecule has 2 rings (SSSR count). The first-order valence-corrected chi connectivity index (χ1v) is 10.1. The fraction of sp³-hybridized carbons (Fsp3) is 0.714. The van der Waals surface area contributed by atoms with Crippen molar-refractivity contribution < 1.29 is 8.42 Å². The van der Waals surface area contributed by atoms with Gasteiger partial charge in [0.1, 0.15) is 4.90 Å². The fourth-order valence-electron chi connectivity index (χ4n) is 2.91. The molecule has 1 unspecified atom stereocenters. The number of hydrogen-bond donors (Lipinski definition) is 0. The van der Waals surface area contributed by atoms with Crippen molar-refractivity contribution >= 4 is 33.0 Å². The minimum absolute atomic E-state index is 0.0324. The van der Waals surface area contributed by atoms with E-state index < -0.39 is 10.0 Å². The van der Waals surface area contributed by atoms with Crippen LogP contribution >= 0.6 is 22.9 Å². The summed E-state index contributed by atoms with van der Waals surface area (Å²) in [7, 11) is -1.41. The van der Waals surface area contributed by atoms with Gasteiger partial charge in [0.2, 0.25) is 10.0 Å². The molecular weight excluding hydrogens is 328 g/mol. The lowest BCUT2D eigenvalue weighted by atomic mass is 10.2. The fourth-order valence-corrected chi connectivity index (χ4v) is 6.66. The number of aryl methyl sites for hydroxylation is 1. The SMILES string of the molecule is CCC1CN(C)CCCN1S(=O)(=O)c1c(C)csc1CCl. The van der Waals surface area contributed by atoms with Gasteiger partial charge in [0, 0.05) is 24.0 Å². The molecule has 1 aromatic rings. The molecule has 1 saturated heterocycles. The highest BCUT2D eigenvalue weighted by Crippen LogP contribution is 2.32. The Hall–Kier alpha value is -0.140. The Morgan fingerprint density at radius 2 is 2.14 bits per heavy atom. The summed E-state index contributed by atoms with van der Waals surface area (Å²) in [4.78, 5) is 3.40. The molecule has 0 spiro atoms. The van der Waals surface area contributed by atoms with Crippen LogP contribution in [0.15, 0.2) is 10.3 Å². The minimum Gasteiger partial charge on any atom is -0.305 e. The van der Waals surface area contributed by atoms with Gasteiger partial charge in [-0.05, 0) is 44.3 Å². The second-order valence-electron chi connectivity index (χ2n) is 5.60. The topological polar surface area (TPSA) is 40.6 Å². The van der Waals surface area contributed by atoms with Crippen molar-refractivity contribution in [2.45, 2.75) is 43.5 Å². The smallest absolute Gasteiger partial charge is 0.244 e. The van der Waals surface area contributed by atoms with Crippen molar-refractivity contribution in [3.63, 3.8) is 0 Å². The average Bonchev–Trinajstić information content (AvgIpc) is 2.71. The summed E-state index contributed by atoms with van der Waals surface area (Å²) in [6.07, 6.45) is 1.69. The van der Waals surface area contributed by atoms with Crippen LogP contribution in [0.3, 0.4) is 0 Å². The van der Waals surface area contributed by atoms with Crippen molar-refractivity contribution in [1.29, 1.82) is 0 Å². The quantitative estimate of drug-likeness (QED) is 0.784. The van der Waals surface area contributed by atoms with E-state index in [0.29, 0.717) is 11.4 Å². The number of halogens is 1. The van der Waals surface area contributed by atoms with E-state index in [1.807, 2.05) is 12.3 Å². The van der Waals surface area contributed by atoms with E-state index in [0.717, 1.165) is 36.4 Å². The summed E-state index contributed by atoms with van der Waals surface area (Å²) in [6.45, 7) is 6.21. The lowest BCUT2D eigenvalue weighted by molar-refractivity contribution is 0.270. The van der Waals surface area contributed by atoms with Crippen LogP contribution < -0.4 is 0 Å². The third-order valence-electron chi connectivity index (χ3n) is 4.00. The van der Waals surface area contributed by atoms with E-state index in [9.17, 15) is 8.42 Å². The van der Waals surface area contributed by atoms with Crippen molar-refractivity contribution in [3.8, 4) is 0 Å². The largest absolute Gasteiger partial charge is 0.305 e. The number of likely N-dealkylation sites (N-methyl/N-ethyl adjacent to an activating group) is 1.